The first kappa shape index (κ1) is 12.3. The van der Waals surface area contributed by atoms with Gasteiger partial charge in [0.1, 0.15) is 0 Å². The van der Waals surface area contributed by atoms with Crippen molar-refractivity contribution in [3.63, 3.8) is 0 Å². The number of nitrogens with zero attached hydrogens (tertiary/aromatic N) is 2. The summed E-state index contributed by atoms with van der Waals surface area (Å²) in [6.45, 7) is 9.77. The van der Waals surface area contributed by atoms with Crippen LogP contribution in [0.1, 0.15) is 26.2 Å². The number of nitrogens with one attached hydrogen (secondary N) is 1. The minimum absolute atomic E-state index is 0.808. The molecule has 0 aromatic rings. The molecule has 2 aliphatic rings. The number of piperazine rings is 1. The van der Waals surface area contributed by atoms with Crippen LogP contribution in [0, 0.1) is 5.92 Å². The van der Waals surface area contributed by atoms with Crippen molar-refractivity contribution in [2.45, 2.75) is 32.2 Å². The van der Waals surface area contributed by atoms with Crippen LogP contribution >= 0.6 is 0 Å². The largest absolute Gasteiger partial charge is 0.313 e. The minimum Gasteiger partial charge on any atom is -0.313 e. The summed E-state index contributed by atoms with van der Waals surface area (Å²) in [7, 11) is 2.22. The second-order valence-corrected chi connectivity index (χ2v) is 5.71. The van der Waals surface area contributed by atoms with Crippen LogP contribution in [-0.4, -0.2) is 62.2 Å². The van der Waals surface area contributed by atoms with Gasteiger partial charge in [0.2, 0.25) is 0 Å². The molecule has 1 aliphatic heterocycles. The monoisotopic (exact) mass is 225 g/mol. The lowest BCUT2D eigenvalue weighted by Gasteiger charge is -2.32. The summed E-state index contributed by atoms with van der Waals surface area (Å²) in [4.78, 5) is 5.01. The molecule has 1 saturated heterocycles. The van der Waals surface area contributed by atoms with Gasteiger partial charge in [-0.1, -0.05) is 6.92 Å². The molecule has 94 valence electrons. The van der Waals surface area contributed by atoms with Gasteiger partial charge in [0.05, 0.1) is 0 Å². The minimum atomic E-state index is 0.808. The van der Waals surface area contributed by atoms with E-state index in [0.717, 1.165) is 12.0 Å². The molecule has 2 fully saturated rings. The Balaban J connectivity index is 1.54. The summed E-state index contributed by atoms with van der Waals surface area (Å²) in [5.41, 5.74) is 0. The molecule has 2 atom stereocenters. The third-order valence-electron chi connectivity index (χ3n) is 4.15. The summed E-state index contributed by atoms with van der Waals surface area (Å²) in [6.07, 6.45) is 4.21. The van der Waals surface area contributed by atoms with Gasteiger partial charge in [-0.2, -0.15) is 0 Å². The van der Waals surface area contributed by atoms with Gasteiger partial charge in [-0.25, -0.2) is 0 Å². The van der Waals surface area contributed by atoms with Crippen LogP contribution in [0.3, 0.4) is 0 Å². The van der Waals surface area contributed by atoms with Gasteiger partial charge >= 0.3 is 0 Å². The quantitative estimate of drug-likeness (QED) is 0.770. The van der Waals surface area contributed by atoms with Crippen LogP contribution in [0.5, 0.6) is 0 Å². The average Bonchev–Trinajstić information content (AvgIpc) is 2.67. The van der Waals surface area contributed by atoms with Gasteiger partial charge in [0, 0.05) is 45.3 Å². The summed E-state index contributed by atoms with van der Waals surface area (Å²) < 4.78 is 0. The lowest BCUT2D eigenvalue weighted by atomic mass is 10.1. The second-order valence-electron chi connectivity index (χ2n) is 5.71. The van der Waals surface area contributed by atoms with E-state index in [-0.39, 0.29) is 0 Å². The second kappa shape index (κ2) is 5.99. The molecule has 0 radical (unpaired) electrons. The molecule has 3 heteroatoms. The Kier molecular flexibility index (Phi) is 4.62. The van der Waals surface area contributed by atoms with Crippen molar-refractivity contribution in [3.8, 4) is 0 Å². The first-order valence-electron chi connectivity index (χ1n) is 6.88. The smallest absolute Gasteiger partial charge is 0.0110 e. The molecule has 3 nitrogen and oxygen atoms in total. The zero-order valence-corrected chi connectivity index (χ0v) is 10.9. The van der Waals surface area contributed by atoms with Gasteiger partial charge < -0.3 is 10.2 Å². The molecule has 0 spiro atoms. The number of rotatable bonds is 4. The molecule has 2 unspecified atom stereocenters. The fourth-order valence-electron chi connectivity index (χ4n) is 2.89. The molecule has 0 bridgehead atoms. The summed E-state index contributed by atoms with van der Waals surface area (Å²) in [5, 5.41) is 3.72. The maximum atomic E-state index is 3.72. The summed E-state index contributed by atoms with van der Waals surface area (Å²) in [5.74, 6) is 0.945. The normalized spacial score (nSPS) is 33.4. The maximum absolute atomic E-state index is 3.72. The van der Waals surface area contributed by atoms with Crippen LogP contribution in [0.4, 0.5) is 0 Å². The van der Waals surface area contributed by atoms with Crippen molar-refractivity contribution in [3.05, 3.63) is 0 Å². The van der Waals surface area contributed by atoms with E-state index in [1.54, 1.807) is 0 Å². The SMILES string of the molecule is CC1CCC(NCCN2CCN(C)CC2)C1. The Bertz CT molecular complexity index is 199. The van der Waals surface area contributed by atoms with Crippen LogP contribution in [-0.2, 0) is 0 Å². The Morgan fingerprint density at radius 2 is 1.88 bits per heavy atom. The highest BCUT2D eigenvalue weighted by atomic mass is 15.2. The molecular weight excluding hydrogens is 198 g/mol. The Morgan fingerprint density at radius 1 is 1.12 bits per heavy atom. The standard InChI is InChI=1S/C13H27N3/c1-12-3-4-13(11-12)14-5-6-16-9-7-15(2)8-10-16/h12-14H,3-11H2,1-2H3. The Hall–Kier alpha value is -0.120. The van der Waals surface area contributed by atoms with E-state index in [9.17, 15) is 0 Å². The zero-order chi connectivity index (χ0) is 11.4. The Labute approximate surface area is 100 Å². The van der Waals surface area contributed by atoms with Gasteiger partial charge in [-0.15, -0.1) is 0 Å². The van der Waals surface area contributed by atoms with E-state index in [1.165, 1.54) is 58.5 Å². The first-order valence-corrected chi connectivity index (χ1v) is 6.88. The van der Waals surface area contributed by atoms with Gasteiger partial charge in [-0.05, 0) is 32.2 Å². The highest BCUT2D eigenvalue weighted by molar-refractivity contribution is 4.79. The maximum Gasteiger partial charge on any atom is 0.0110 e. The molecule has 0 aromatic carbocycles. The summed E-state index contributed by atoms with van der Waals surface area (Å²) >= 11 is 0. The number of hydrogen-bond donors (Lipinski definition) is 1. The molecule has 1 aliphatic carbocycles. The van der Waals surface area contributed by atoms with E-state index in [1.807, 2.05) is 0 Å². The predicted molar refractivity (Wildman–Crippen MR) is 68.7 cm³/mol. The van der Waals surface area contributed by atoms with E-state index in [2.05, 4.69) is 29.1 Å². The lowest BCUT2D eigenvalue weighted by Crippen LogP contribution is -2.47. The van der Waals surface area contributed by atoms with Crippen LogP contribution in [0.15, 0.2) is 0 Å². The lowest BCUT2D eigenvalue weighted by molar-refractivity contribution is 0.153. The topological polar surface area (TPSA) is 18.5 Å². The molecule has 1 heterocycles. The van der Waals surface area contributed by atoms with E-state index < -0.39 is 0 Å². The first-order chi connectivity index (χ1) is 7.74. The molecule has 0 aromatic heterocycles. The van der Waals surface area contributed by atoms with E-state index in [4.69, 9.17) is 0 Å². The molecule has 16 heavy (non-hydrogen) atoms. The van der Waals surface area contributed by atoms with Crippen LogP contribution in [0.25, 0.3) is 0 Å². The molecule has 1 saturated carbocycles. The molecule has 1 N–H and O–H groups in total. The third-order valence-corrected chi connectivity index (χ3v) is 4.15. The molecule has 2 rings (SSSR count). The zero-order valence-electron chi connectivity index (χ0n) is 10.9. The highest BCUT2D eigenvalue weighted by Crippen LogP contribution is 2.24. The van der Waals surface area contributed by atoms with Crippen molar-refractivity contribution >= 4 is 0 Å². The number of likely N-dealkylation sites (N-methyl/N-ethyl adjacent to an activating group) is 1. The van der Waals surface area contributed by atoms with E-state index in [0.29, 0.717) is 0 Å². The average molecular weight is 225 g/mol. The predicted octanol–water partition coefficient (Wildman–Crippen LogP) is 1.01. The van der Waals surface area contributed by atoms with Crippen molar-refractivity contribution < 1.29 is 0 Å². The highest BCUT2D eigenvalue weighted by Gasteiger charge is 2.20. The van der Waals surface area contributed by atoms with Crippen molar-refractivity contribution in [2.24, 2.45) is 5.92 Å². The fraction of sp³-hybridized carbons (Fsp3) is 1.00. The van der Waals surface area contributed by atoms with Crippen molar-refractivity contribution in [1.82, 2.24) is 15.1 Å². The van der Waals surface area contributed by atoms with Gasteiger partial charge in [0.25, 0.3) is 0 Å². The fourth-order valence-corrected chi connectivity index (χ4v) is 2.89. The third kappa shape index (κ3) is 3.72. The van der Waals surface area contributed by atoms with E-state index >= 15 is 0 Å². The Morgan fingerprint density at radius 3 is 2.50 bits per heavy atom. The number of hydrogen-bond acceptors (Lipinski definition) is 3. The van der Waals surface area contributed by atoms with Crippen LogP contribution < -0.4 is 5.32 Å². The van der Waals surface area contributed by atoms with Crippen molar-refractivity contribution in [1.29, 1.82) is 0 Å². The van der Waals surface area contributed by atoms with Crippen LogP contribution in [0.2, 0.25) is 0 Å². The molecule has 0 amide bonds. The molecular formula is C13H27N3. The van der Waals surface area contributed by atoms with Gasteiger partial charge in [0.15, 0.2) is 0 Å². The van der Waals surface area contributed by atoms with Gasteiger partial charge in [-0.3, -0.25) is 4.90 Å². The van der Waals surface area contributed by atoms with Crippen molar-refractivity contribution in [2.75, 3.05) is 46.3 Å². The summed E-state index contributed by atoms with van der Waals surface area (Å²) in [6, 6.07) is 0.808.